The van der Waals surface area contributed by atoms with E-state index in [1.54, 1.807) is 21.3 Å². The molecule has 0 spiro atoms. The molecular formula is C23H34O3. The molecule has 0 amide bonds. The van der Waals surface area contributed by atoms with E-state index in [-0.39, 0.29) is 11.3 Å². The van der Waals surface area contributed by atoms with Crippen LogP contribution in [-0.4, -0.2) is 21.3 Å². The van der Waals surface area contributed by atoms with Crippen LogP contribution in [-0.2, 0) is 6.42 Å². The molecule has 1 aromatic rings. The van der Waals surface area contributed by atoms with Crippen molar-refractivity contribution in [2.75, 3.05) is 21.3 Å². The summed E-state index contributed by atoms with van der Waals surface area (Å²) in [6, 6.07) is 2.07. The summed E-state index contributed by atoms with van der Waals surface area (Å²) >= 11 is 0. The maximum Gasteiger partial charge on any atom is 0.167 e. The summed E-state index contributed by atoms with van der Waals surface area (Å²) in [4.78, 5) is 0. The average Bonchev–Trinajstić information content (AvgIpc) is 2.59. The van der Waals surface area contributed by atoms with E-state index in [1.807, 2.05) is 0 Å². The number of rotatable bonds is 7. The molecule has 0 aromatic heterocycles. The van der Waals surface area contributed by atoms with Crippen molar-refractivity contribution < 1.29 is 14.2 Å². The SMILES string of the molecule is C=C1C=CCC(C)(C)C1CCc1cc(OC)c(OC)c(C(C)C)c1OC. The maximum atomic E-state index is 5.83. The van der Waals surface area contributed by atoms with E-state index in [0.29, 0.717) is 5.92 Å². The lowest BCUT2D eigenvalue weighted by Crippen LogP contribution is -2.27. The lowest BCUT2D eigenvalue weighted by molar-refractivity contribution is 0.233. The zero-order chi connectivity index (χ0) is 19.5. The van der Waals surface area contributed by atoms with E-state index in [4.69, 9.17) is 14.2 Å². The van der Waals surface area contributed by atoms with Crippen molar-refractivity contribution in [3.8, 4) is 17.2 Å². The Kier molecular flexibility index (Phi) is 6.44. The van der Waals surface area contributed by atoms with Crippen molar-refractivity contribution in [2.24, 2.45) is 11.3 Å². The number of hydrogen-bond donors (Lipinski definition) is 0. The minimum absolute atomic E-state index is 0.233. The van der Waals surface area contributed by atoms with Crippen molar-refractivity contribution in [1.82, 2.24) is 0 Å². The lowest BCUT2D eigenvalue weighted by Gasteiger charge is -2.37. The Labute approximate surface area is 159 Å². The molecule has 1 atom stereocenters. The van der Waals surface area contributed by atoms with Crippen LogP contribution in [0.25, 0.3) is 0 Å². The van der Waals surface area contributed by atoms with Crippen LogP contribution in [0.5, 0.6) is 17.2 Å². The standard InChI is InChI=1S/C23H34O3/c1-15(2)20-21(25-7)17(14-19(24-6)22(20)26-8)11-12-18-16(3)10-9-13-23(18,4)5/h9-10,14-15,18H,3,11-13H2,1-2,4-8H3. The quantitative estimate of drug-likeness (QED) is 0.605. The van der Waals surface area contributed by atoms with Gasteiger partial charge in [-0.3, -0.25) is 0 Å². The van der Waals surface area contributed by atoms with Crippen LogP contribution in [0.3, 0.4) is 0 Å². The molecule has 144 valence electrons. The van der Waals surface area contributed by atoms with Crippen LogP contribution in [0.4, 0.5) is 0 Å². The largest absolute Gasteiger partial charge is 0.496 e. The molecule has 3 nitrogen and oxygen atoms in total. The van der Waals surface area contributed by atoms with E-state index in [0.717, 1.165) is 42.1 Å². The van der Waals surface area contributed by atoms with Crippen molar-refractivity contribution in [1.29, 1.82) is 0 Å². The van der Waals surface area contributed by atoms with Gasteiger partial charge < -0.3 is 14.2 Å². The molecule has 0 fully saturated rings. The molecule has 26 heavy (non-hydrogen) atoms. The molecule has 0 saturated heterocycles. The summed E-state index contributed by atoms with van der Waals surface area (Å²) in [5.41, 5.74) is 3.71. The van der Waals surface area contributed by atoms with Crippen LogP contribution >= 0.6 is 0 Å². The summed E-state index contributed by atoms with van der Waals surface area (Å²) in [6.07, 6.45) is 7.48. The Bertz CT molecular complexity index is 683. The highest BCUT2D eigenvalue weighted by molar-refractivity contribution is 5.59. The number of aryl methyl sites for hydroxylation is 1. The minimum atomic E-state index is 0.233. The molecule has 1 aliphatic rings. The predicted octanol–water partition coefficient (Wildman–Crippen LogP) is 5.93. The highest BCUT2D eigenvalue weighted by atomic mass is 16.5. The number of hydrogen-bond acceptors (Lipinski definition) is 3. The van der Waals surface area contributed by atoms with Gasteiger partial charge in [-0.05, 0) is 48.1 Å². The number of methoxy groups -OCH3 is 3. The first-order chi connectivity index (χ1) is 12.3. The molecular weight excluding hydrogens is 324 g/mol. The van der Waals surface area contributed by atoms with Gasteiger partial charge in [0, 0.05) is 5.56 Å². The molecule has 0 N–H and O–H groups in total. The first-order valence-electron chi connectivity index (χ1n) is 9.43. The third kappa shape index (κ3) is 3.92. The third-order valence-electron chi connectivity index (χ3n) is 5.58. The molecule has 0 heterocycles. The Hall–Kier alpha value is -1.90. The second-order valence-electron chi connectivity index (χ2n) is 8.13. The number of benzene rings is 1. The van der Waals surface area contributed by atoms with E-state index >= 15 is 0 Å². The molecule has 1 unspecified atom stereocenters. The van der Waals surface area contributed by atoms with Gasteiger partial charge in [0.05, 0.1) is 21.3 Å². The highest BCUT2D eigenvalue weighted by Gasteiger charge is 2.32. The summed E-state index contributed by atoms with van der Waals surface area (Å²) in [5.74, 6) is 3.21. The van der Waals surface area contributed by atoms with E-state index < -0.39 is 0 Å². The molecule has 0 bridgehead atoms. The summed E-state index contributed by atoms with van der Waals surface area (Å²) in [5, 5.41) is 0. The molecule has 0 saturated carbocycles. The zero-order valence-corrected chi connectivity index (χ0v) is 17.4. The van der Waals surface area contributed by atoms with Gasteiger partial charge in [-0.1, -0.05) is 52.0 Å². The predicted molar refractivity (Wildman–Crippen MR) is 109 cm³/mol. The van der Waals surface area contributed by atoms with Crippen molar-refractivity contribution in [2.45, 2.75) is 52.9 Å². The van der Waals surface area contributed by atoms with Gasteiger partial charge in [0.1, 0.15) is 5.75 Å². The van der Waals surface area contributed by atoms with Crippen LogP contribution in [0.2, 0.25) is 0 Å². The molecule has 2 rings (SSSR count). The maximum absolute atomic E-state index is 5.83. The van der Waals surface area contributed by atoms with Crippen LogP contribution in [0, 0.1) is 11.3 Å². The Balaban J connectivity index is 2.41. The zero-order valence-electron chi connectivity index (χ0n) is 17.4. The van der Waals surface area contributed by atoms with E-state index in [2.05, 4.69) is 52.5 Å². The topological polar surface area (TPSA) is 27.7 Å². The summed E-state index contributed by atoms with van der Waals surface area (Å²) in [7, 11) is 5.11. The van der Waals surface area contributed by atoms with Crippen molar-refractivity contribution >= 4 is 0 Å². The van der Waals surface area contributed by atoms with Gasteiger partial charge in [-0.25, -0.2) is 0 Å². The molecule has 3 heteroatoms. The van der Waals surface area contributed by atoms with Crippen LogP contribution < -0.4 is 14.2 Å². The lowest BCUT2D eigenvalue weighted by atomic mass is 9.67. The Morgan fingerprint density at radius 1 is 1.12 bits per heavy atom. The molecule has 0 aliphatic heterocycles. The smallest absolute Gasteiger partial charge is 0.167 e. The number of ether oxygens (including phenoxy) is 3. The molecule has 1 aliphatic carbocycles. The second kappa shape index (κ2) is 8.20. The van der Waals surface area contributed by atoms with Gasteiger partial charge in [0.2, 0.25) is 0 Å². The van der Waals surface area contributed by atoms with E-state index in [9.17, 15) is 0 Å². The summed E-state index contributed by atoms with van der Waals surface area (Å²) in [6.45, 7) is 13.3. The van der Waals surface area contributed by atoms with Crippen molar-refractivity contribution in [3.63, 3.8) is 0 Å². The summed E-state index contributed by atoms with van der Waals surface area (Å²) < 4.78 is 17.1. The minimum Gasteiger partial charge on any atom is -0.496 e. The first kappa shape index (κ1) is 20.4. The average molecular weight is 359 g/mol. The van der Waals surface area contributed by atoms with E-state index in [1.165, 1.54) is 11.1 Å². The van der Waals surface area contributed by atoms with Crippen LogP contribution in [0.15, 0.2) is 30.4 Å². The van der Waals surface area contributed by atoms with Crippen LogP contribution in [0.1, 0.15) is 57.6 Å². The second-order valence-corrected chi connectivity index (χ2v) is 8.13. The Morgan fingerprint density at radius 2 is 1.77 bits per heavy atom. The van der Waals surface area contributed by atoms with Gasteiger partial charge in [-0.15, -0.1) is 0 Å². The first-order valence-corrected chi connectivity index (χ1v) is 9.43. The third-order valence-corrected chi connectivity index (χ3v) is 5.58. The monoisotopic (exact) mass is 358 g/mol. The van der Waals surface area contributed by atoms with Gasteiger partial charge in [0.25, 0.3) is 0 Å². The fourth-order valence-corrected chi connectivity index (χ4v) is 4.16. The molecule has 0 radical (unpaired) electrons. The van der Waals surface area contributed by atoms with Gasteiger partial charge in [-0.2, -0.15) is 0 Å². The van der Waals surface area contributed by atoms with Gasteiger partial charge >= 0.3 is 0 Å². The normalized spacial score (nSPS) is 18.9. The van der Waals surface area contributed by atoms with Crippen molar-refractivity contribution in [3.05, 3.63) is 41.5 Å². The number of allylic oxidation sites excluding steroid dienone is 3. The molecule has 1 aromatic carbocycles. The highest BCUT2D eigenvalue weighted by Crippen LogP contribution is 2.46. The fraction of sp³-hybridized carbons (Fsp3) is 0.565. The van der Waals surface area contributed by atoms with Gasteiger partial charge in [0.15, 0.2) is 11.5 Å². The fourth-order valence-electron chi connectivity index (χ4n) is 4.16. The Morgan fingerprint density at radius 3 is 2.27 bits per heavy atom.